The third-order valence-corrected chi connectivity index (χ3v) is 3.03. The van der Waals surface area contributed by atoms with Crippen LogP contribution in [0.2, 0.25) is 0 Å². The molecular weight excluding hydrogens is 236 g/mol. The molecule has 2 unspecified atom stereocenters. The molecule has 0 fully saturated rings. The van der Waals surface area contributed by atoms with Crippen molar-refractivity contribution in [2.24, 2.45) is 17.3 Å². The first-order chi connectivity index (χ1) is 8.25. The van der Waals surface area contributed by atoms with Crippen LogP contribution in [0.25, 0.3) is 0 Å². The lowest BCUT2D eigenvalue weighted by molar-refractivity contribution is -0.155. The summed E-state index contributed by atoms with van der Waals surface area (Å²) in [6.45, 7) is 8.36. The topological polar surface area (TPSA) is 83.8 Å². The fourth-order valence-corrected chi connectivity index (χ4v) is 2.07. The minimum atomic E-state index is -1.05. The summed E-state index contributed by atoms with van der Waals surface area (Å²) in [6.07, 6.45) is 0.615. The standard InChI is InChI=1S/C13H24O5/c1-5-9(11(14)15)10(12(16)17)7-13(3,4)8-18-6-2/h9-10H,5-8H2,1-4H3,(H,14,15)(H,16,17). The normalized spacial score (nSPS) is 15.1. The molecule has 0 aromatic heterocycles. The van der Waals surface area contributed by atoms with Crippen molar-refractivity contribution in [1.82, 2.24) is 0 Å². The van der Waals surface area contributed by atoms with Crippen LogP contribution in [0.3, 0.4) is 0 Å². The quantitative estimate of drug-likeness (QED) is 0.664. The number of hydrogen-bond donors (Lipinski definition) is 2. The highest BCUT2D eigenvalue weighted by molar-refractivity contribution is 5.79. The molecule has 0 bridgehead atoms. The second-order valence-electron chi connectivity index (χ2n) is 5.30. The van der Waals surface area contributed by atoms with Gasteiger partial charge in [0.1, 0.15) is 0 Å². The first-order valence-corrected chi connectivity index (χ1v) is 6.28. The van der Waals surface area contributed by atoms with Gasteiger partial charge >= 0.3 is 11.9 Å². The summed E-state index contributed by atoms with van der Waals surface area (Å²) in [6, 6.07) is 0. The van der Waals surface area contributed by atoms with Gasteiger partial charge in [-0.1, -0.05) is 20.8 Å². The van der Waals surface area contributed by atoms with Crippen LogP contribution >= 0.6 is 0 Å². The van der Waals surface area contributed by atoms with Crippen molar-refractivity contribution >= 4 is 11.9 Å². The largest absolute Gasteiger partial charge is 0.481 e. The van der Waals surface area contributed by atoms with Gasteiger partial charge in [0.2, 0.25) is 0 Å². The minimum absolute atomic E-state index is 0.299. The zero-order valence-electron chi connectivity index (χ0n) is 11.6. The predicted octanol–water partition coefficient (Wildman–Crippen LogP) is 2.25. The van der Waals surface area contributed by atoms with Crippen molar-refractivity contribution in [3.63, 3.8) is 0 Å². The average molecular weight is 260 g/mol. The molecule has 0 heterocycles. The van der Waals surface area contributed by atoms with Gasteiger partial charge in [-0.3, -0.25) is 9.59 Å². The molecular formula is C13H24O5. The Labute approximate surface area is 108 Å². The van der Waals surface area contributed by atoms with Gasteiger partial charge in [0, 0.05) is 6.61 Å². The van der Waals surface area contributed by atoms with Crippen LogP contribution in [0.15, 0.2) is 0 Å². The van der Waals surface area contributed by atoms with E-state index in [1.165, 1.54) is 0 Å². The molecule has 106 valence electrons. The summed E-state index contributed by atoms with van der Waals surface area (Å²) in [5.41, 5.74) is -0.345. The zero-order valence-corrected chi connectivity index (χ0v) is 11.6. The zero-order chi connectivity index (χ0) is 14.3. The van der Waals surface area contributed by atoms with E-state index in [1.807, 2.05) is 20.8 Å². The van der Waals surface area contributed by atoms with E-state index >= 15 is 0 Å². The van der Waals surface area contributed by atoms with E-state index in [0.29, 0.717) is 26.1 Å². The van der Waals surface area contributed by atoms with Crippen LogP contribution in [0.4, 0.5) is 0 Å². The lowest BCUT2D eigenvalue weighted by Gasteiger charge is -2.30. The molecule has 2 atom stereocenters. The van der Waals surface area contributed by atoms with Gasteiger partial charge in [-0.25, -0.2) is 0 Å². The van der Waals surface area contributed by atoms with Gasteiger partial charge in [-0.05, 0) is 25.2 Å². The number of aliphatic carboxylic acids is 2. The molecule has 5 nitrogen and oxygen atoms in total. The summed E-state index contributed by atoms with van der Waals surface area (Å²) in [5, 5.41) is 18.3. The third kappa shape index (κ3) is 5.49. The maximum atomic E-state index is 11.3. The van der Waals surface area contributed by atoms with Crippen LogP contribution in [0, 0.1) is 17.3 Å². The van der Waals surface area contributed by atoms with Crippen LogP contribution < -0.4 is 0 Å². The van der Waals surface area contributed by atoms with Crippen molar-refractivity contribution in [1.29, 1.82) is 0 Å². The fraction of sp³-hybridized carbons (Fsp3) is 0.846. The molecule has 0 rings (SSSR count). The number of ether oxygens (including phenoxy) is 1. The van der Waals surface area contributed by atoms with Gasteiger partial charge < -0.3 is 14.9 Å². The Morgan fingerprint density at radius 3 is 1.94 bits per heavy atom. The molecule has 0 aromatic rings. The Balaban J connectivity index is 4.81. The highest BCUT2D eigenvalue weighted by Gasteiger charge is 2.36. The van der Waals surface area contributed by atoms with Crippen molar-refractivity contribution in [2.45, 2.75) is 40.5 Å². The molecule has 0 aromatic carbocycles. The van der Waals surface area contributed by atoms with E-state index in [2.05, 4.69) is 0 Å². The number of rotatable bonds is 9. The van der Waals surface area contributed by atoms with Gasteiger partial charge in [0.25, 0.3) is 0 Å². The van der Waals surface area contributed by atoms with Crippen LogP contribution in [-0.2, 0) is 14.3 Å². The maximum Gasteiger partial charge on any atom is 0.307 e. The summed E-state index contributed by atoms with van der Waals surface area (Å²) < 4.78 is 5.31. The molecule has 0 aliphatic carbocycles. The Kier molecular flexibility index (Phi) is 6.91. The van der Waals surface area contributed by atoms with Crippen LogP contribution in [-0.4, -0.2) is 35.4 Å². The van der Waals surface area contributed by atoms with Crippen LogP contribution in [0.1, 0.15) is 40.5 Å². The molecule has 0 radical (unpaired) electrons. The van der Waals surface area contributed by atoms with Crippen molar-refractivity contribution in [2.75, 3.05) is 13.2 Å². The molecule has 0 spiro atoms. The second-order valence-corrected chi connectivity index (χ2v) is 5.30. The SMILES string of the molecule is CCOCC(C)(C)CC(C(=O)O)C(CC)C(=O)O. The highest BCUT2D eigenvalue weighted by Crippen LogP contribution is 2.31. The summed E-state index contributed by atoms with van der Waals surface area (Å²) in [7, 11) is 0. The van der Waals surface area contributed by atoms with E-state index in [0.717, 1.165) is 0 Å². The molecule has 0 saturated carbocycles. The fourth-order valence-electron chi connectivity index (χ4n) is 2.07. The van der Waals surface area contributed by atoms with Gasteiger partial charge in [0.15, 0.2) is 0 Å². The molecule has 2 N–H and O–H groups in total. The van der Waals surface area contributed by atoms with E-state index in [1.54, 1.807) is 6.92 Å². The average Bonchev–Trinajstić information content (AvgIpc) is 2.25. The lowest BCUT2D eigenvalue weighted by atomic mass is 9.77. The molecule has 5 heteroatoms. The highest BCUT2D eigenvalue weighted by atomic mass is 16.5. The molecule has 0 amide bonds. The molecule has 0 aliphatic heterocycles. The van der Waals surface area contributed by atoms with Crippen molar-refractivity contribution < 1.29 is 24.5 Å². The van der Waals surface area contributed by atoms with E-state index < -0.39 is 23.8 Å². The summed E-state index contributed by atoms with van der Waals surface area (Å²) >= 11 is 0. The first kappa shape index (κ1) is 16.9. The van der Waals surface area contributed by atoms with E-state index in [9.17, 15) is 14.7 Å². The molecule has 0 saturated heterocycles. The smallest absolute Gasteiger partial charge is 0.307 e. The maximum absolute atomic E-state index is 11.3. The van der Waals surface area contributed by atoms with Gasteiger partial charge in [0.05, 0.1) is 18.4 Å². The lowest BCUT2D eigenvalue weighted by Crippen LogP contribution is -2.35. The van der Waals surface area contributed by atoms with E-state index in [4.69, 9.17) is 9.84 Å². The monoisotopic (exact) mass is 260 g/mol. The predicted molar refractivity (Wildman–Crippen MR) is 67.4 cm³/mol. The van der Waals surface area contributed by atoms with E-state index in [-0.39, 0.29) is 5.41 Å². The number of carboxylic acids is 2. The molecule has 0 aliphatic rings. The van der Waals surface area contributed by atoms with Gasteiger partial charge in [-0.15, -0.1) is 0 Å². The minimum Gasteiger partial charge on any atom is -0.481 e. The number of carbonyl (C=O) groups is 2. The Hall–Kier alpha value is -1.10. The first-order valence-electron chi connectivity index (χ1n) is 6.28. The Morgan fingerprint density at radius 1 is 1.11 bits per heavy atom. The van der Waals surface area contributed by atoms with Crippen molar-refractivity contribution in [3.05, 3.63) is 0 Å². The Bertz CT molecular complexity index is 285. The second kappa shape index (κ2) is 7.36. The van der Waals surface area contributed by atoms with Crippen molar-refractivity contribution in [3.8, 4) is 0 Å². The number of hydrogen-bond acceptors (Lipinski definition) is 3. The number of carboxylic acid groups (broad SMARTS) is 2. The Morgan fingerprint density at radius 2 is 1.61 bits per heavy atom. The van der Waals surface area contributed by atoms with Gasteiger partial charge in [-0.2, -0.15) is 0 Å². The van der Waals surface area contributed by atoms with Crippen LogP contribution in [0.5, 0.6) is 0 Å². The summed E-state index contributed by atoms with van der Waals surface area (Å²) in [5.74, 6) is -3.81. The third-order valence-electron chi connectivity index (χ3n) is 3.03. The summed E-state index contributed by atoms with van der Waals surface area (Å²) in [4.78, 5) is 22.3. The molecule has 18 heavy (non-hydrogen) atoms.